The summed E-state index contributed by atoms with van der Waals surface area (Å²) in [5.74, 6) is 2.07. The van der Waals surface area contributed by atoms with Crippen LogP contribution in [0.25, 0.3) is 0 Å². The average molecular weight is 397 g/mol. The van der Waals surface area contributed by atoms with Gasteiger partial charge in [0.15, 0.2) is 0 Å². The van der Waals surface area contributed by atoms with Gasteiger partial charge in [-0.15, -0.1) is 0 Å². The third-order valence-corrected chi connectivity index (χ3v) is 5.42. The molecule has 0 radical (unpaired) electrons. The van der Waals surface area contributed by atoms with Crippen molar-refractivity contribution in [3.63, 3.8) is 0 Å². The molecule has 0 aliphatic heterocycles. The van der Waals surface area contributed by atoms with Crippen molar-refractivity contribution in [2.24, 2.45) is 5.92 Å². The van der Waals surface area contributed by atoms with Crippen LogP contribution in [-0.4, -0.2) is 24.5 Å². The zero-order valence-electron chi connectivity index (χ0n) is 17.7. The van der Waals surface area contributed by atoms with Crippen LogP contribution in [0.1, 0.15) is 56.9 Å². The lowest BCUT2D eigenvalue weighted by molar-refractivity contribution is -0.129. The lowest BCUT2D eigenvalue weighted by Gasteiger charge is -2.29. The maximum atomic E-state index is 13.2. The maximum absolute atomic E-state index is 13.2. The molecule has 1 atom stereocenters. The first-order valence-corrected chi connectivity index (χ1v) is 10.5. The number of methoxy groups -OCH3 is 1. The summed E-state index contributed by atoms with van der Waals surface area (Å²) >= 11 is 0. The molecule has 1 N–H and O–H groups in total. The second-order valence-electron chi connectivity index (χ2n) is 7.88. The van der Waals surface area contributed by atoms with Crippen LogP contribution < -0.4 is 10.1 Å². The number of nitrogens with zero attached hydrogens (tertiary/aromatic N) is 1. The summed E-state index contributed by atoms with van der Waals surface area (Å²) in [5, 5.41) is 3.48. The standard InChI is InChI=1S/C24H32N2O3/c1-18(2)24(19-11-13-21(28-3)14-12-19)25-16-23(27)26(17-22-10-7-15-29-22)20-8-5-4-6-9-20/h7-8,10-15,18,24-25H,4-6,9,16-17H2,1-3H3/t24-/m1/s1. The first-order valence-electron chi connectivity index (χ1n) is 10.5. The molecule has 0 saturated carbocycles. The van der Waals surface area contributed by atoms with E-state index in [0.717, 1.165) is 42.0 Å². The van der Waals surface area contributed by atoms with Crippen molar-refractivity contribution in [1.82, 2.24) is 10.2 Å². The predicted octanol–water partition coefficient (Wildman–Crippen LogP) is 5.06. The van der Waals surface area contributed by atoms with Crippen molar-refractivity contribution < 1.29 is 13.9 Å². The quantitative estimate of drug-likeness (QED) is 0.644. The SMILES string of the molecule is COc1ccc([C@H](NCC(=O)N(Cc2ccco2)C2=CCCCC2)C(C)C)cc1. The fourth-order valence-corrected chi connectivity index (χ4v) is 3.82. The Balaban J connectivity index is 1.70. The van der Waals surface area contributed by atoms with Crippen molar-refractivity contribution in [2.75, 3.05) is 13.7 Å². The number of carbonyl (C=O) groups is 1. The number of amides is 1. The largest absolute Gasteiger partial charge is 0.497 e. The van der Waals surface area contributed by atoms with E-state index in [-0.39, 0.29) is 18.5 Å². The molecule has 29 heavy (non-hydrogen) atoms. The first-order chi connectivity index (χ1) is 14.1. The number of allylic oxidation sites excluding steroid dienone is 2. The molecule has 1 heterocycles. The minimum atomic E-state index is 0.0775. The van der Waals surface area contributed by atoms with Gasteiger partial charge < -0.3 is 19.4 Å². The highest BCUT2D eigenvalue weighted by Gasteiger charge is 2.23. The van der Waals surface area contributed by atoms with E-state index in [1.807, 2.05) is 29.2 Å². The van der Waals surface area contributed by atoms with Gasteiger partial charge in [-0.1, -0.05) is 32.1 Å². The van der Waals surface area contributed by atoms with E-state index in [1.54, 1.807) is 13.4 Å². The van der Waals surface area contributed by atoms with Gasteiger partial charge in [-0.2, -0.15) is 0 Å². The first kappa shape index (κ1) is 21.2. The normalized spacial score (nSPS) is 15.1. The Bertz CT molecular complexity index is 794. The van der Waals surface area contributed by atoms with E-state index in [2.05, 4.69) is 37.4 Å². The number of ether oxygens (including phenoxy) is 1. The van der Waals surface area contributed by atoms with Crippen LogP contribution in [0.2, 0.25) is 0 Å². The molecule has 0 unspecified atom stereocenters. The average Bonchev–Trinajstić information content (AvgIpc) is 3.26. The Morgan fingerprint density at radius 1 is 1.21 bits per heavy atom. The van der Waals surface area contributed by atoms with Gasteiger partial charge in [0.2, 0.25) is 5.91 Å². The number of nitrogens with one attached hydrogen (secondary N) is 1. The van der Waals surface area contributed by atoms with E-state index in [0.29, 0.717) is 12.5 Å². The minimum absolute atomic E-state index is 0.0775. The second kappa shape index (κ2) is 10.3. The fraction of sp³-hybridized carbons (Fsp3) is 0.458. The molecular formula is C24H32N2O3. The highest BCUT2D eigenvalue weighted by atomic mass is 16.5. The predicted molar refractivity (Wildman–Crippen MR) is 114 cm³/mol. The Morgan fingerprint density at radius 3 is 2.59 bits per heavy atom. The molecule has 1 aliphatic rings. The molecule has 0 spiro atoms. The van der Waals surface area contributed by atoms with Crippen LogP contribution >= 0.6 is 0 Å². The van der Waals surface area contributed by atoms with Crippen molar-refractivity contribution >= 4 is 5.91 Å². The topological polar surface area (TPSA) is 54.7 Å². The zero-order chi connectivity index (χ0) is 20.6. The summed E-state index contributed by atoms with van der Waals surface area (Å²) < 4.78 is 10.8. The van der Waals surface area contributed by atoms with Crippen LogP contribution in [-0.2, 0) is 11.3 Å². The van der Waals surface area contributed by atoms with Crippen LogP contribution in [0.3, 0.4) is 0 Å². The number of carbonyl (C=O) groups excluding carboxylic acids is 1. The van der Waals surface area contributed by atoms with Crippen molar-refractivity contribution in [3.05, 3.63) is 65.8 Å². The molecule has 5 nitrogen and oxygen atoms in total. The fourth-order valence-electron chi connectivity index (χ4n) is 3.82. The van der Waals surface area contributed by atoms with Crippen LogP contribution in [0.15, 0.2) is 58.9 Å². The zero-order valence-corrected chi connectivity index (χ0v) is 17.7. The van der Waals surface area contributed by atoms with Crippen LogP contribution in [0, 0.1) is 5.92 Å². The number of furan rings is 1. The monoisotopic (exact) mass is 396 g/mol. The van der Waals surface area contributed by atoms with Gasteiger partial charge in [0.25, 0.3) is 0 Å². The van der Waals surface area contributed by atoms with E-state index in [9.17, 15) is 4.79 Å². The smallest absolute Gasteiger partial charge is 0.241 e. The van der Waals surface area contributed by atoms with Gasteiger partial charge in [-0.25, -0.2) is 0 Å². The van der Waals surface area contributed by atoms with Gasteiger partial charge in [0, 0.05) is 11.7 Å². The number of benzene rings is 1. The summed E-state index contributed by atoms with van der Waals surface area (Å²) in [6, 6.07) is 11.9. The molecule has 0 fully saturated rings. The van der Waals surface area contributed by atoms with Gasteiger partial charge in [-0.3, -0.25) is 4.79 Å². The molecular weight excluding hydrogens is 364 g/mol. The van der Waals surface area contributed by atoms with Gasteiger partial charge >= 0.3 is 0 Å². The molecule has 1 amide bonds. The molecule has 1 aromatic heterocycles. The van der Waals surface area contributed by atoms with Crippen molar-refractivity contribution in [1.29, 1.82) is 0 Å². The molecule has 1 aliphatic carbocycles. The molecule has 2 aromatic rings. The van der Waals surface area contributed by atoms with Gasteiger partial charge in [-0.05, 0) is 61.4 Å². The number of rotatable bonds is 9. The minimum Gasteiger partial charge on any atom is -0.497 e. The highest BCUT2D eigenvalue weighted by molar-refractivity contribution is 5.80. The Kier molecular flexibility index (Phi) is 7.53. The van der Waals surface area contributed by atoms with Gasteiger partial charge in [0.05, 0.1) is 26.5 Å². The molecule has 0 bridgehead atoms. The molecule has 0 saturated heterocycles. The molecule has 1 aromatic carbocycles. The third kappa shape index (κ3) is 5.73. The third-order valence-electron chi connectivity index (χ3n) is 5.42. The lowest BCUT2D eigenvalue weighted by atomic mass is 9.96. The molecule has 5 heteroatoms. The van der Waals surface area contributed by atoms with E-state index in [1.165, 1.54) is 6.42 Å². The van der Waals surface area contributed by atoms with Crippen LogP contribution in [0.5, 0.6) is 5.75 Å². The van der Waals surface area contributed by atoms with E-state index < -0.39 is 0 Å². The summed E-state index contributed by atoms with van der Waals surface area (Å²) in [4.78, 5) is 15.1. The van der Waals surface area contributed by atoms with Crippen molar-refractivity contribution in [2.45, 2.75) is 52.1 Å². The summed E-state index contributed by atoms with van der Waals surface area (Å²) in [6.07, 6.45) is 8.15. The highest BCUT2D eigenvalue weighted by Crippen LogP contribution is 2.25. The Hall–Kier alpha value is -2.53. The van der Waals surface area contributed by atoms with Gasteiger partial charge in [0.1, 0.15) is 11.5 Å². The maximum Gasteiger partial charge on any atom is 0.241 e. The Morgan fingerprint density at radius 2 is 2.00 bits per heavy atom. The second-order valence-corrected chi connectivity index (χ2v) is 7.88. The Labute approximate surface area is 173 Å². The van der Waals surface area contributed by atoms with E-state index >= 15 is 0 Å². The summed E-state index contributed by atoms with van der Waals surface area (Å²) in [5.41, 5.74) is 2.27. The number of hydrogen-bond acceptors (Lipinski definition) is 4. The van der Waals surface area contributed by atoms with Crippen LogP contribution in [0.4, 0.5) is 0 Å². The summed E-state index contributed by atoms with van der Waals surface area (Å²) in [7, 11) is 1.67. The van der Waals surface area contributed by atoms with Crippen molar-refractivity contribution in [3.8, 4) is 5.75 Å². The number of hydrogen-bond donors (Lipinski definition) is 1. The van der Waals surface area contributed by atoms with E-state index in [4.69, 9.17) is 9.15 Å². The lowest BCUT2D eigenvalue weighted by Crippen LogP contribution is -2.39. The molecule has 3 rings (SSSR count). The summed E-state index contributed by atoms with van der Waals surface area (Å²) in [6.45, 7) is 5.09. The molecule has 156 valence electrons.